The van der Waals surface area contributed by atoms with Crippen LogP contribution in [0.1, 0.15) is 6.92 Å². The van der Waals surface area contributed by atoms with Crippen LogP contribution in [0.25, 0.3) is 11.3 Å². The average molecular weight is 274 g/mol. The molecule has 3 nitrogen and oxygen atoms in total. The van der Waals surface area contributed by atoms with E-state index in [4.69, 9.17) is 23.2 Å². The summed E-state index contributed by atoms with van der Waals surface area (Å²) >= 11 is 13.2. The second kappa shape index (κ2) is 4.99. The van der Waals surface area contributed by atoms with Gasteiger partial charge >= 0.3 is 0 Å². The van der Waals surface area contributed by atoms with Crippen LogP contribution < -0.4 is 5.32 Å². The normalized spacial score (nSPS) is 10.4. The molecule has 0 saturated heterocycles. The second-order valence-electron chi connectivity index (χ2n) is 3.12. The first kappa shape index (κ1) is 11.6. The Morgan fingerprint density at radius 2 is 2.12 bits per heavy atom. The molecule has 0 bridgehead atoms. The summed E-state index contributed by atoms with van der Waals surface area (Å²) in [6.07, 6.45) is 0. The van der Waals surface area contributed by atoms with E-state index in [9.17, 15) is 0 Å². The summed E-state index contributed by atoms with van der Waals surface area (Å²) in [4.78, 5) is 0. The van der Waals surface area contributed by atoms with Crippen molar-refractivity contribution in [3.63, 3.8) is 0 Å². The van der Waals surface area contributed by atoms with Crippen molar-refractivity contribution >= 4 is 40.7 Å². The number of aromatic nitrogens is 2. The van der Waals surface area contributed by atoms with Crippen molar-refractivity contribution in [2.24, 2.45) is 0 Å². The number of rotatable bonds is 3. The van der Waals surface area contributed by atoms with Crippen LogP contribution in [-0.4, -0.2) is 15.3 Å². The van der Waals surface area contributed by atoms with E-state index in [-0.39, 0.29) is 0 Å². The van der Waals surface area contributed by atoms with E-state index in [1.165, 1.54) is 0 Å². The maximum Gasteiger partial charge on any atom is 0.168 e. The minimum Gasteiger partial charge on any atom is -0.368 e. The molecule has 16 heavy (non-hydrogen) atoms. The molecule has 0 saturated carbocycles. The highest BCUT2D eigenvalue weighted by Crippen LogP contribution is 2.33. The van der Waals surface area contributed by atoms with Crippen LogP contribution in [0.5, 0.6) is 0 Å². The highest BCUT2D eigenvalue weighted by Gasteiger charge is 2.13. The molecule has 0 fully saturated rings. The molecule has 2 aromatic rings. The van der Waals surface area contributed by atoms with E-state index in [0.29, 0.717) is 10.0 Å². The Bertz CT molecular complexity index is 499. The van der Waals surface area contributed by atoms with Crippen LogP contribution in [0.4, 0.5) is 5.82 Å². The van der Waals surface area contributed by atoms with E-state index in [1.54, 1.807) is 18.2 Å². The van der Waals surface area contributed by atoms with Gasteiger partial charge in [-0.2, -0.15) is 8.75 Å². The van der Waals surface area contributed by atoms with Crippen molar-refractivity contribution < 1.29 is 0 Å². The van der Waals surface area contributed by atoms with Crippen molar-refractivity contribution in [1.82, 2.24) is 8.75 Å². The number of hydrogen-bond donors (Lipinski definition) is 1. The van der Waals surface area contributed by atoms with Gasteiger partial charge in [0.1, 0.15) is 5.69 Å². The molecule has 1 aromatic carbocycles. The molecule has 0 radical (unpaired) electrons. The molecule has 0 amide bonds. The first-order chi connectivity index (χ1) is 7.72. The number of halogens is 2. The Morgan fingerprint density at radius 3 is 2.88 bits per heavy atom. The Morgan fingerprint density at radius 1 is 1.31 bits per heavy atom. The van der Waals surface area contributed by atoms with Crippen LogP contribution in [0.2, 0.25) is 10.0 Å². The van der Waals surface area contributed by atoms with E-state index in [2.05, 4.69) is 14.1 Å². The fourth-order valence-corrected chi connectivity index (χ4v) is 2.25. The second-order valence-corrected chi connectivity index (χ2v) is 4.49. The molecule has 0 aliphatic heterocycles. The van der Waals surface area contributed by atoms with Gasteiger partial charge in [-0.05, 0) is 25.1 Å². The lowest BCUT2D eigenvalue weighted by atomic mass is 10.1. The van der Waals surface area contributed by atoms with Gasteiger partial charge in [0.05, 0.1) is 16.8 Å². The molecule has 1 aromatic heterocycles. The van der Waals surface area contributed by atoms with Gasteiger partial charge in [-0.25, -0.2) is 0 Å². The summed E-state index contributed by atoms with van der Waals surface area (Å²) < 4.78 is 8.40. The number of anilines is 1. The monoisotopic (exact) mass is 273 g/mol. The number of benzene rings is 1. The van der Waals surface area contributed by atoms with Crippen molar-refractivity contribution in [1.29, 1.82) is 0 Å². The predicted octanol–water partition coefficient (Wildman–Crippen LogP) is 3.94. The van der Waals surface area contributed by atoms with E-state index >= 15 is 0 Å². The van der Waals surface area contributed by atoms with Crippen LogP contribution in [0.15, 0.2) is 18.2 Å². The molecule has 1 N–H and O–H groups in total. The number of nitrogens with one attached hydrogen (secondary N) is 1. The first-order valence-corrected chi connectivity index (χ1v) is 6.23. The summed E-state index contributed by atoms with van der Waals surface area (Å²) in [5.74, 6) is 0.747. The Labute approximate surface area is 108 Å². The molecule has 6 heteroatoms. The lowest BCUT2D eigenvalue weighted by Crippen LogP contribution is -1.98. The van der Waals surface area contributed by atoms with Gasteiger partial charge in [0.15, 0.2) is 5.82 Å². The average Bonchev–Trinajstić information content (AvgIpc) is 2.70. The van der Waals surface area contributed by atoms with Gasteiger partial charge in [-0.3, -0.25) is 0 Å². The molecule has 0 spiro atoms. The van der Waals surface area contributed by atoms with E-state index in [0.717, 1.165) is 35.3 Å². The smallest absolute Gasteiger partial charge is 0.168 e. The molecule has 0 aliphatic carbocycles. The van der Waals surface area contributed by atoms with Gasteiger partial charge in [-0.1, -0.05) is 23.2 Å². The first-order valence-electron chi connectivity index (χ1n) is 4.74. The number of nitrogens with zero attached hydrogens (tertiary/aromatic N) is 2. The van der Waals surface area contributed by atoms with Crippen LogP contribution in [-0.2, 0) is 0 Å². The summed E-state index contributed by atoms with van der Waals surface area (Å²) in [5, 5.41) is 4.39. The van der Waals surface area contributed by atoms with Crippen molar-refractivity contribution in [2.45, 2.75) is 6.92 Å². The zero-order chi connectivity index (χ0) is 11.5. The highest BCUT2D eigenvalue weighted by atomic mass is 35.5. The summed E-state index contributed by atoms with van der Waals surface area (Å²) in [6, 6.07) is 5.30. The van der Waals surface area contributed by atoms with Gasteiger partial charge in [-0.15, -0.1) is 0 Å². The standard InChI is InChI=1S/C10H9Cl2N3S/c1-2-13-10-9(14-16-15-10)7-5-6(11)3-4-8(7)12/h3-5H,2H2,1H3,(H,13,15). The third-order valence-electron chi connectivity index (χ3n) is 2.02. The molecule has 1 heterocycles. The van der Waals surface area contributed by atoms with Crippen LogP contribution >= 0.6 is 34.9 Å². The minimum atomic E-state index is 0.622. The lowest BCUT2D eigenvalue weighted by molar-refractivity contribution is 1.19. The van der Waals surface area contributed by atoms with Crippen molar-refractivity contribution in [3.8, 4) is 11.3 Å². The van der Waals surface area contributed by atoms with Gasteiger partial charge < -0.3 is 5.32 Å². The molecule has 0 unspecified atom stereocenters. The summed E-state index contributed by atoms with van der Waals surface area (Å²) in [7, 11) is 0. The molecular weight excluding hydrogens is 265 g/mol. The summed E-state index contributed by atoms with van der Waals surface area (Å²) in [5.41, 5.74) is 1.55. The lowest BCUT2D eigenvalue weighted by Gasteiger charge is -2.04. The highest BCUT2D eigenvalue weighted by molar-refractivity contribution is 6.99. The SMILES string of the molecule is CCNc1nsnc1-c1cc(Cl)ccc1Cl. The maximum absolute atomic E-state index is 6.11. The van der Waals surface area contributed by atoms with Crippen molar-refractivity contribution in [3.05, 3.63) is 28.2 Å². The quantitative estimate of drug-likeness (QED) is 0.921. The van der Waals surface area contributed by atoms with Crippen molar-refractivity contribution in [2.75, 3.05) is 11.9 Å². The minimum absolute atomic E-state index is 0.622. The zero-order valence-corrected chi connectivity index (χ0v) is 10.8. The van der Waals surface area contributed by atoms with Crippen LogP contribution in [0.3, 0.4) is 0 Å². The van der Waals surface area contributed by atoms with E-state index in [1.807, 2.05) is 6.92 Å². The van der Waals surface area contributed by atoms with E-state index < -0.39 is 0 Å². The maximum atomic E-state index is 6.11. The Kier molecular flexibility index (Phi) is 3.63. The fraction of sp³-hybridized carbons (Fsp3) is 0.200. The third-order valence-corrected chi connectivity index (χ3v) is 3.11. The Hall–Kier alpha value is -0.840. The third kappa shape index (κ3) is 2.29. The molecule has 0 atom stereocenters. The molecular formula is C10H9Cl2N3S. The number of hydrogen-bond acceptors (Lipinski definition) is 4. The van der Waals surface area contributed by atoms with Gasteiger partial charge in [0.2, 0.25) is 0 Å². The fourth-order valence-electron chi connectivity index (χ4n) is 1.33. The zero-order valence-electron chi connectivity index (χ0n) is 8.50. The topological polar surface area (TPSA) is 37.8 Å². The van der Waals surface area contributed by atoms with Crippen LogP contribution in [0, 0.1) is 0 Å². The molecule has 2 rings (SSSR count). The largest absolute Gasteiger partial charge is 0.368 e. The van der Waals surface area contributed by atoms with Gasteiger partial charge in [0.25, 0.3) is 0 Å². The van der Waals surface area contributed by atoms with Gasteiger partial charge in [0, 0.05) is 17.1 Å². The molecule has 84 valence electrons. The summed E-state index contributed by atoms with van der Waals surface area (Å²) in [6.45, 7) is 2.79. The predicted molar refractivity (Wildman–Crippen MR) is 69.5 cm³/mol. The Balaban J connectivity index is 2.49. The molecule has 0 aliphatic rings.